The summed E-state index contributed by atoms with van der Waals surface area (Å²) in [5.74, 6) is 0.548. The summed E-state index contributed by atoms with van der Waals surface area (Å²) in [6, 6.07) is 9.90. The number of anilines is 1. The van der Waals surface area contributed by atoms with E-state index in [0.29, 0.717) is 10.9 Å². The van der Waals surface area contributed by atoms with Crippen molar-refractivity contribution in [1.82, 2.24) is 19.5 Å². The summed E-state index contributed by atoms with van der Waals surface area (Å²) in [5, 5.41) is 30.4. The number of H-pyrrole nitrogens is 1. The van der Waals surface area contributed by atoms with Crippen LogP contribution in [0.15, 0.2) is 40.3 Å². The fourth-order valence-electron chi connectivity index (χ4n) is 3.31. The van der Waals surface area contributed by atoms with E-state index in [2.05, 4.69) is 15.0 Å². The topological polar surface area (TPSA) is 160 Å². The normalized spacial score (nSPS) is 24.4. The Morgan fingerprint density at radius 3 is 2.66 bits per heavy atom. The predicted molar refractivity (Wildman–Crippen MR) is 106 cm³/mol. The summed E-state index contributed by atoms with van der Waals surface area (Å²) in [6.07, 6.45) is -3.89. The van der Waals surface area contributed by atoms with Crippen LogP contribution in [-0.2, 0) is 11.2 Å². The highest BCUT2D eigenvalue weighted by atomic mass is 32.2. The SMILES string of the molecule is Nc1nc2c(nc(SCCc3ccccc3)n2[C@@H]2O[C@@H](CO)[C@@H](O)[C@@H]2O)c(=O)[nH]1. The number of aliphatic hydroxyl groups is 3. The zero-order valence-corrected chi connectivity index (χ0v) is 16.1. The summed E-state index contributed by atoms with van der Waals surface area (Å²) in [6.45, 7) is -0.464. The van der Waals surface area contributed by atoms with Crippen molar-refractivity contribution in [3.8, 4) is 0 Å². The summed E-state index contributed by atoms with van der Waals surface area (Å²) in [5.41, 5.74) is 6.52. The number of nitrogens with two attached hydrogens (primary N) is 1. The van der Waals surface area contributed by atoms with Gasteiger partial charge in [0.1, 0.15) is 18.3 Å². The van der Waals surface area contributed by atoms with Gasteiger partial charge in [0.15, 0.2) is 22.5 Å². The minimum absolute atomic E-state index is 0.0548. The van der Waals surface area contributed by atoms with Crippen LogP contribution >= 0.6 is 11.8 Å². The van der Waals surface area contributed by atoms with Gasteiger partial charge in [-0.25, -0.2) is 4.98 Å². The van der Waals surface area contributed by atoms with Crippen molar-refractivity contribution in [2.45, 2.75) is 36.1 Å². The fraction of sp³-hybridized carbons (Fsp3) is 0.389. The van der Waals surface area contributed by atoms with Crippen LogP contribution in [-0.4, -0.2) is 65.5 Å². The lowest BCUT2D eigenvalue weighted by Gasteiger charge is -2.19. The Kier molecular flexibility index (Phi) is 5.56. The Morgan fingerprint density at radius 2 is 1.97 bits per heavy atom. The first-order valence-corrected chi connectivity index (χ1v) is 10.0. The molecule has 0 unspecified atom stereocenters. The third kappa shape index (κ3) is 3.74. The zero-order chi connectivity index (χ0) is 20.5. The molecule has 0 aliphatic carbocycles. The molecule has 1 saturated heterocycles. The third-order valence-electron chi connectivity index (χ3n) is 4.77. The molecule has 0 saturated carbocycles. The number of aliphatic hydroxyl groups excluding tert-OH is 3. The van der Waals surface area contributed by atoms with E-state index in [1.165, 1.54) is 16.3 Å². The van der Waals surface area contributed by atoms with E-state index < -0.39 is 36.7 Å². The van der Waals surface area contributed by atoms with Gasteiger partial charge >= 0.3 is 0 Å². The summed E-state index contributed by atoms with van der Waals surface area (Å²) < 4.78 is 7.10. The number of aryl methyl sites for hydroxylation is 1. The number of thioether (sulfide) groups is 1. The van der Waals surface area contributed by atoms with Crippen LogP contribution in [0.4, 0.5) is 5.95 Å². The Balaban J connectivity index is 1.70. The second-order valence-corrected chi connectivity index (χ2v) is 7.76. The van der Waals surface area contributed by atoms with E-state index in [0.717, 1.165) is 12.0 Å². The smallest absolute Gasteiger partial charge is 0.280 e. The number of fused-ring (bicyclic) bond motifs is 1. The van der Waals surface area contributed by atoms with E-state index in [9.17, 15) is 20.1 Å². The number of ether oxygens (including phenoxy) is 1. The highest BCUT2D eigenvalue weighted by Crippen LogP contribution is 2.35. The van der Waals surface area contributed by atoms with Gasteiger partial charge in [-0.2, -0.15) is 4.98 Å². The maximum absolute atomic E-state index is 12.3. The van der Waals surface area contributed by atoms with E-state index in [1.54, 1.807) is 0 Å². The van der Waals surface area contributed by atoms with Crippen molar-refractivity contribution in [3.05, 3.63) is 46.2 Å². The van der Waals surface area contributed by atoms with E-state index >= 15 is 0 Å². The molecule has 6 N–H and O–H groups in total. The Labute approximate surface area is 169 Å². The van der Waals surface area contributed by atoms with Crippen LogP contribution in [0.5, 0.6) is 0 Å². The molecule has 1 aliphatic rings. The van der Waals surface area contributed by atoms with Crippen molar-refractivity contribution >= 4 is 28.9 Å². The number of imidazole rings is 1. The van der Waals surface area contributed by atoms with E-state index in [4.69, 9.17) is 10.5 Å². The molecule has 154 valence electrons. The third-order valence-corrected chi connectivity index (χ3v) is 5.73. The van der Waals surface area contributed by atoms with Gasteiger partial charge in [0, 0.05) is 5.75 Å². The van der Waals surface area contributed by atoms with Gasteiger partial charge in [-0.1, -0.05) is 42.1 Å². The van der Waals surface area contributed by atoms with Gasteiger partial charge < -0.3 is 25.8 Å². The Hall–Kier alpha value is -2.44. The number of benzene rings is 1. The zero-order valence-electron chi connectivity index (χ0n) is 15.3. The van der Waals surface area contributed by atoms with E-state index in [-0.39, 0.29) is 17.1 Å². The lowest BCUT2D eigenvalue weighted by molar-refractivity contribution is -0.0548. The van der Waals surface area contributed by atoms with Crippen molar-refractivity contribution in [2.75, 3.05) is 18.1 Å². The lowest BCUT2D eigenvalue weighted by atomic mass is 10.1. The second-order valence-electron chi connectivity index (χ2n) is 6.70. The minimum atomic E-state index is -1.33. The number of hydrogen-bond donors (Lipinski definition) is 5. The molecule has 4 rings (SSSR count). The molecule has 1 aromatic carbocycles. The van der Waals surface area contributed by atoms with Crippen LogP contribution < -0.4 is 11.3 Å². The molecule has 3 heterocycles. The van der Waals surface area contributed by atoms with Crippen LogP contribution in [0.3, 0.4) is 0 Å². The number of nitrogens with one attached hydrogen (secondary N) is 1. The number of hydrogen-bond acceptors (Lipinski definition) is 9. The van der Waals surface area contributed by atoms with Gasteiger partial charge in [-0.15, -0.1) is 0 Å². The minimum Gasteiger partial charge on any atom is -0.394 e. The summed E-state index contributed by atoms with van der Waals surface area (Å²) >= 11 is 1.36. The molecule has 1 fully saturated rings. The number of aromatic amines is 1. The molecule has 0 amide bonds. The first kappa shape index (κ1) is 19.9. The average molecular weight is 419 g/mol. The van der Waals surface area contributed by atoms with Crippen molar-refractivity contribution < 1.29 is 20.1 Å². The predicted octanol–water partition coefficient (Wildman–Crippen LogP) is -0.352. The number of nitrogen functional groups attached to an aromatic ring is 1. The van der Waals surface area contributed by atoms with Crippen molar-refractivity contribution in [3.63, 3.8) is 0 Å². The fourth-order valence-corrected chi connectivity index (χ4v) is 4.32. The first-order valence-electron chi connectivity index (χ1n) is 9.06. The Bertz CT molecular complexity index is 1060. The summed E-state index contributed by atoms with van der Waals surface area (Å²) in [7, 11) is 0. The molecule has 10 nitrogen and oxygen atoms in total. The molecular weight excluding hydrogens is 398 g/mol. The highest BCUT2D eigenvalue weighted by molar-refractivity contribution is 7.99. The van der Waals surface area contributed by atoms with Gasteiger partial charge in [-0.3, -0.25) is 14.3 Å². The first-order chi connectivity index (χ1) is 14.0. The molecule has 29 heavy (non-hydrogen) atoms. The number of rotatable bonds is 6. The van der Waals surface area contributed by atoms with Crippen LogP contribution in [0.2, 0.25) is 0 Å². The molecule has 0 radical (unpaired) electrons. The van der Waals surface area contributed by atoms with Crippen molar-refractivity contribution in [2.24, 2.45) is 0 Å². The number of aromatic nitrogens is 4. The molecule has 2 aromatic heterocycles. The van der Waals surface area contributed by atoms with Crippen LogP contribution in [0, 0.1) is 0 Å². The molecule has 0 spiro atoms. The van der Waals surface area contributed by atoms with Gasteiger partial charge in [0.25, 0.3) is 5.56 Å². The monoisotopic (exact) mass is 419 g/mol. The maximum Gasteiger partial charge on any atom is 0.280 e. The van der Waals surface area contributed by atoms with Crippen LogP contribution in [0.25, 0.3) is 11.2 Å². The molecule has 3 aromatic rings. The number of nitrogens with zero attached hydrogens (tertiary/aromatic N) is 3. The molecule has 4 atom stereocenters. The molecule has 11 heteroatoms. The molecule has 0 bridgehead atoms. The molecular formula is C18H21N5O5S. The Morgan fingerprint density at radius 1 is 1.21 bits per heavy atom. The second kappa shape index (κ2) is 8.13. The van der Waals surface area contributed by atoms with Gasteiger partial charge in [-0.05, 0) is 12.0 Å². The standard InChI is InChI=1S/C18H21N5O5S/c19-17-21-14-11(15(27)22-17)20-18(29-7-6-9-4-2-1-3-5-9)23(14)16-13(26)12(25)10(8-24)28-16/h1-5,10,12-13,16,24-26H,6-8H2,(H3,19,21,22,27)/t10-,12+,13-,16+/m0/s1. The largest absolute Gasteiger partial charge is 0.394 e. The van der Waals surface area contributed by atoms with Gasteiger partial charge in [0.05, 0.1) is 6.61 Å². The summed E-state index contributed by atoms with van der Waals surface area (Å²) in [4.78, 5) is 23.2. The van der Waals surface area contributed by atoms with E-state index in [1.807, 2.05) is 30.3 Å². The maximum atomic E-state index is 12.3. The van der Waals surface area contributed by atoms with Crippen LogP contribution in [0.1, 0.15) is 11.8 Å². The highest BCUT2D eigenvalue weighted by Gasteiger charge is 2.45. The average Bonchev–Trinajstić information content (AvgIpc) is 3.20. The van der Waals surface area contributed by atoms with Crippen molar-refractivity contribution in [1.29, 1.82) is 0 Å². The van der Waals surface area contributed by atoms with Gasteiger partial charge in [0.2, 0.25) is 5.95 Å². The quantitative estimate of drug-likeness (QED) is 0.336. The molecule has 1 aliphatic heterocycles. The lowest BCUT2D eigenvalue weighted by Crippen LogP contribution is -2.33.